The molecule has 0 saturated heterocycles. The molecular weight excluding hydrogens is 428 g/mol. The summed E-state index contributed by atoms with van der Waals surface area (Å²) in [6.45, 7) is 8.02. The molecule has 2 aromatic carbocycles. The first kappa shape index (κ1) is 19.3. The molecular formula is C23H21BrN4O. The van der Waals surface area contributed by atoms with Gasteiger partial charge >= 0.3 is 0 Å². The number of fused-ring (bicyclic) bond motifs is 1. The van der Waals surface area contributed by atoms with Gasteiger partial charge < -0.3 is 4.57 Å². The van der Waals surface area contributed by atoms with Gasteiger partial charge in [-0.3, -0.25) is 4.79 Å². The van der Waals surface area contributed by atoms with E-state index in [0.29, 0.717) is 16.7 Å². The molecule has 4 rings (SSSR count). The standard InChI is InChI=1S/C23H21BrN4O/c1-14-7-5-6-8-22(14)27-15(2)11-18(16(27)3)13-25-28-17(4)26-21-10-9-19(24)12-20(21)23(28)29/h5-13H,1-4H3. The van der Waals surface area contributed by atoms with Crippen molar-refractivity contribution < 1.29 is 0 Å². The summed E-state index contributed by atoms with van der Waals surface area (Å²) in [6, 6.07) is 15.9. The molecule has 0 fully saturated rings. The van der Waals surface area contributed by atoms with Crippen molar-refractivity contribution in [3.05, 3.63) is 91.7 Å². The summed E-state index contributed by atoms with van der Waals surface area (Å²) >= 11 is 3.42. The van der Waals surface area contributed by atoms with Crippen LogP contribution in [0.15, 0.2) is 62.9 Å². The topological polar surface area (TPSA) is 52.2 Å². The molecule has 0 unspecified atom stereocenters. The molecule has 6 heteroatoms. The minimum atomic E-state index is -0.183. The van der Waals surface area contributed by atoms with Gasteiger partial charge in [0.05, 0.1) is 17.1 Å². The summed E-state index contributed by atoms with van der Waals surface area (Å²) in [7, 11) is 0. The zero-order chi connectivity index (χ0) is 20.7. The van der Waals surface area contributed by atoms with E-state index in [1.807, 2.05) is 24.3 Å². The van der Waals surface area contributed by atoms with Gasteiger partial charge in [0.25, 0.3) is 5.56 Å². The first-order chi connectivity index (χ1) is 13.9. The van der Waals surface area contributed by atoms with E-state index in [9.17, 15) is 4.79 Å². The highest BCUT2D eigenvalue weighted by atomic mass is 79.9. The van der Waals surface area contributed by atoms with Crippen LogP contribution in [0.25, 0.3) is 16.6 Å². The number of halogens is 1. The quantitative estimate of drug-likeness (QED) is 0.411. The van der Waals surface area contributed by atoms with E-state index in [2.05, 4.69) is 69.6 Å². The van der Waals surface area contributed by atoms with E-state index in [-0.39, 0.29) is 5.56 Å². The molecule has 146 valence electrons. The molecule has 4 aromatic rings. The molecule has 0 aliphatic heterocycles. The van der Waals surface area contributed by atoms with Crippen molar-refractivity contribution in [1.82, 2.24) is 14.2 Å². The minimum absolute atomic E-state index is 0.183. The third-order valence-electron chi connectivity index (χ3n) is 5.11. The van der Waals surface area contributed by atoms with Crippen LogP contribution in [0.4, 0.5) is 0 Å². The maximum atomic E-state index is 12.9. The number of para-hydroxylation sites is 1. The van der Waals surface area contributed by atoms with Crippen molar-refractivity contribution >= 4 is 33.0 Å². The summed E-state index contributed by atoms with van der Waals surface area (Å²) in [5, 5.41) is 5.01. The smallest absolute Gasteiger partial charge is 0.282 e. The Balaban J connectivity index is 1.81. The Morgan fingerprint density at radius 3 is 2.55 bits per heavy atom. The van der Waals surface area contributed by atoms with Crippen LogP contribution >= 0.6 is 15.9 Å². The van der Waals surface area contributed by atoms with Gasteiger partial charge in [-0.15, -0.1) is 0 Å². The normalized spacial score (nSPS) is 11.6. The van der Waals surface area contributed by atoms with E-state index >= 15 is 0 Å². The zero-order valence-electron chi connectivity index (χ0n) is 16.8. The molecule has 29 heavy (non-hydrogen) atoms. The molecule has 2 aromatic heterocycles. The summed E-state index contributed by atoms with van der Waals surface area (Å²) in [6.07, 6.45) is 1.73. The number of benzene rings is 2. The van der Waals surface area contributed by atoms with Gasteiger partial charge in [0.15, 0.2) is 0 Å². The Morgan fingerprint density at radius 2 is 1.79 bits per heavy atom. The summed E-state index contributed by atoms with van der Waals surface area (Å²) < 4.78 is 4.40. The lowest BCUT2D eigenvalue weighted by molar-refractivity contribution is 0.770. The van der Waals surface area contributed by atoms with Crippen molar-refractivity contribution in [2.45, 2.75) is 27.7 Å². The van der Waals surface area contributed by atoms with Gasteiger partial charge in [-0.25, -0.2) is 4.98 Å². The summed E-state index contributed by atoms with van der Waals surface area (Å²) in [5.41, 5.74) is 5.98. The number of aryl methyl sites for hydroxylation is 3. The average molecular weight is 449 g/mol. The summed E-state index contributed by atoms with van der Waals surface area (Å²) in [5.74, 6) is 0.550. The van der Waals surface area contributed by atoms with Crippen LogP contribution in [0.3, 0.4) is 0 Å². The lowest BCUT2D eigenvalue weighted by Gasteiger charge is -2.12. The van der Waals surface area contributed by atoms with E-state index < -0.39 is 0 Å². The maximum Gasteiger partial charge on any atom is 0.282 e. The zero-order valence-corrected chi connectivity index (χ0v) is 18.4. The molecule has 0 amide bonds. The van der Waals surface area contributed by atoms with Crippen LogP contribution in [0.2, 0.25) is 0 Å². The van der Waals surface area contributed by atoms with Crippen molar-refractivity contribution in [3.8, 4) is 5.69 Å². The number of nitrogens with zero attached hydrogens (tertiary/aromatic N) is 4. The lowest BCUT2D eigenvalue weighted by atomic mass is 10.2. The SMILES string of the molecule is Cc1ccccc1-n1c(C)cc(C=Nn2c(C)nc3ccc(Br)cc3c2=O)c1C. The Hall–Kier alpha value is -2.99. The second-order valence-electron chi connectivity index (χ2n) is 7.13. The molecule has 0 N–H and O–H groups in total. The molecule has 2 heterocycles. The van der Waals surface area contributed by atoms with Crippen LogP contribution in [0.1, 0.15) is 28.3 Å². The third kappa shape index (κ3) is 3.44. The van der Waals surface area contributed by atoms with Crippen molar-refractivity contribution in [1.29, 1.82) is 0 Å². The van der Waals surface area contributed by atoms with Gasteiger partial charge in [0.1, 0.15) is 5.82 Å². The van der Waals surface area contributed by atoms with E-state index in [4.69, 9.17) is 0 Å². The first-order valence-electron chi connectivity index (χ1n) is 9.35. The fourth-order valence-corrected chi connectivity index (χ4v) is 3.98. The van der Waals surface area contributed by atoms with Crippen LogP contribution in [0.5, 0.6) is 0 Å². The third-order valence-corrected chi connectivity index (χ3v) is 5.60. The highest BCUT2D eigenvalue weighted by Crippen LogP contribution is 2.22. The predicted molar refractivity (Wildman–Crippen MR) is 121 cm³/mol. The highest BCUT2D eigenvalue weighted by molar-refractivity contribution is 9.10. The van der Waals surface area contributed by atoms with Gasteiger partial charge in [0, 0.05) is 27.1 Å². The minimum Gasteiger partial charge on any atom is -0.318 e. The Bertz CT molecular complexity index is 1330. The number of rotatable bonds is 3. The first-order valence-corrected chi connectivity index (χ1v) is 10.1. The molecule has 0 aliphatic carbocycles. The fourth-order valence-electron chi connectivity index (χ4n) is 3.62. The molecule has 0 radical (unpaired) electrons. The number of aromatic nitrogens is 3. The van der Waals surface area contributed by atoms with Crippen molar-refractivity contribution in [3.63, 3.8) is 0 Å². The van der Waals surface area contributed by atoms with Crippen LogP contribution in [0, 0.1) is 27.7 Å². The van der Waals surface area contributed by atoms with Crippen LogP contribution in [-0.4, -0.2) is 20.4 Å². The molecule has 0 saturated carbocycles. The molecule has 0 spiro atoms. The predicted octanol–water partition coefficient (Wildman–Crippen LogP) is 5.07. The molecule has 0 atom stereocenters. The van der Waals surface area contributed by atoms with Crippen molar-refractivity contribution in [2.75, 3.05) is 0 Å². The number of hydrogen-bond donors (Lipinski definition) is 0. The maximum absolute atomic E-state index is 12.9. The second kappa shape index (κ2) is 7.44. The van der Waals surface area contributed by atoms with E-state index in [1.54, 1.807) is 19.2 Å². The molecule has 0 aliphatic rings. The second-order valence-corrected chi connectivity index (χ2v) is 8.05. The van der Waals surface area contributed by atoms with Gasteiger partial charge in [-0.05, 0) is 63.6 Å². The molecule has 0 bridgehead atoms. The van der Waals surface area contributed by atoms with Crippen LogP contribution < -0.4 is 5.56 Å². The van der Waals surface area contributed by atoms with Gasteiger partial charge in [0.2, 0.25) is 0 Å². The van der Waals surface area contributed by atoms with Gasteiger partial charge in [-0.2, -0.15) is 9.78 Å². The highest BCUT2D eigenvalue weighted by Gasteiger charge is 2.12. The fraction of sp³-hybridized carbons (Fsp3) is 0.174. The average Bonchev–Trinajstić information content (AvgIpc) is 2.96. The van der Waals surface area contributed by atoms with E-state index in [1.165, 1.54) is 10.2 Å². The number of hydrogen-bond acceptors (Lipinski definition) is 3. The van der Waals surface area contributed by atoms with Crippen LogP contribution in [-0.2, 0) is 0 Å². The Morgan fingerprint density at radius 1 is 1.03 bits per heavy atom. The Kier molecular flexibility index (Phi) is 4.96. The van der Waals surface area contributed by atoms with E-state index in [0.717, 1.165) is 27.1 Å². The van der Waals surface area contributed by atoms with Crippen molar-refractivity contribution in [2.24, 2.45) is 5.10 Å². The lowest BCUT2D eigenvalue weighted by Crippen LogP contribution is -2.20. The monoisotopic (exact) mass is 448 g/mol. The van der Waals surface area contributed by atoms with Gasteiger partial charge in [-0.1, -0.05) is 34.1 Å². The largest absolute Gasteiger partial charge is 0.318 e. The summed E-state index contributed by atoms with van der Waals surface area (Å²) in [4.78, 5) is 17.4. The molecule has 5 nitrogen and oxygen atoms in total. The Labute approximate surface area is 177 Å².